The van der Waals surface area contributed by atoms with Gasteiger partial charge in [0, 0.05) is 42.6 Å². The Labute approximate surface area is 247 Å². The largest absolute Gasteiger partial charge is 0.370 e. The van der Waals surface area contributed by atoms with Gasteiger partial charge in [-0.1, -0.05) is 31.5 Å². The summed E-state index contributed by atoms with van der Waals surface area (Å²) in [6.07, 6.45) is 6.80. The molecule has 0 spiro atoms. The topological polar surface area (TPSA) is 49.2 Å². The number of aromatic nitrogens is 3. The molecule has 4 aromatic rings. The van der Waals surface area contributed by atoms with Crippen molar-refractivity contribution in [1.82, 2.24) is 19.9 Å². The Kier molecular flexibility index (Phi) is 7.27. The van der Waals surface area contributed by atoms with Crippen LogP contribution in [0.1, 0.15) is 55.0 Å². The number of hydrogen-bond donors (Lipinski definition) is 1. The van der Waals surface area contributed by atoms with Crippen LogP contribution in [-0.2, 0) is 0 Å². The van der Waals surface area contributed by atoms with Gasteiger partial charge < -0.3 is 19.7 Å². The van der Waals surface area contributed by atoms with Gasteiger partial charge in [-0.15, -0.1) is 0 Å². The van der Waals surface area contributed by atoms with Crippen molar-refractivity contribution in [3.63, 3.8) is 0 Å². The van der Waals surface area contributed by atoms with Crippen molar-refractivity contribution in [2.45, 2.75) is 46.2 Å². The van der Waals surface area contributed by atoms with Crippen LogP contribution in [0.15, 0.2) is 73.2 Å². The van der Waals surface area contributed by atoms with Crippen LogP contribution < -0.4 is 15.1 Å². The van der Waals surface area contributed by atoms with Crippen molar-refractivity contribution in [2.24, 2.45) is 11.8 Å². The molecule has 2 saturated heterocycles. The van der Waals surface area contributed by atoms with Crippen LogP contribution in [0.25, 0.3) is 5.69 Å². The van der Waals surface area contributed by atoms with Crippen molar-refractivity contribution >= 4 is 40.3 Å². The van der Waals surface area contributed by atoms with Gasteiger partial charge in [-0.3, -0.25) is 9.97 Å². The molecule has 1 aromatic carbocycles. The van der Waals surface area contributed by atoms with E-state index in [0.29, 0.717) is 16.9 Å². The highest BCUT2D eigenvalue weighted by atomic mass is 35.5. The number of nitrogens with zero attached hydrogens (tertiary/aromatic N) is 5. The van der Waals surface area contributed by atoms with E-state index < -0.39 is 0 Å². The normalized spacial score (nSPS) is 23.0. The Morgan fingerprint density at radius 1 is 0.950 bits per heavy atom. The highest BCUT2D eigenvalue weighted by Crippen LogP contribution is 2.45. The maximum absolute atomic E-state index is 7.02. The molecule has 2 aliphatic rings. The molecule has 6 nitrogen and oxygen atoms in total. The van der Waals surface area contributed by atoms with Crippen LogP contribution >= 0.6 is 23.8 Å². The standard InChI is InChI=1S/C32H35ClN6S/c1-20-14-21(2)19-37(18-20)29-11-10-24(16-27(29)33)39-31(30(36-32(39)40)28-9-5-6-13-35-28)26-15-22(3)38(23(26)4)25-8-7-12-34-17-25/h5-13,15-17,20-21,30-31H,14,18-19H2,1-4H3,(H,36,40)/t20-,21+,30-,31-/m1/s1. The first-order valence-corrected chi connectivity index (χ1v) is 14.7. The minimum atomic E-state index is -0.126. The summed E-state index contributed by atoms with van der Waals surface area (Å²) >= 11 is 13.0. The lowest BCUT2D eigenvalue weighted by molar-refractivity contribution is 0.357. The summed E-state index contributed by atoms with van der Waals surface area (Å²) in [5, 5.41) is 5.01. The molecule has 0 amide bonds. The molecular weight excluding hydrogens is 536 g/mol. The quantitative estimate of drug-likeness (QED) is 0.256. The molecule has 206 valence electrons. The van der Waals surface area contributed by atoms with E-state index in [9.17, 15) is 0 Å². The number of rotatable bonds is 5. The fraction of sp³-hybridized carbons (Fsp3) is 0.344. The summed E-state index contributed by atoms with van der Waals surface area (Å²) in [6, 6.07) is 18.5. The van der Waals surface area contributed by atoms with Crippen LogP contribution in [0.3, 0.4) is 0 Å². The minimum absolute atomic E-state index is 0.115. The minimum Gasteiger partial charge on any atom is -0.370 e. The van der Waals surface area contributed by atoms with E-state index in [1.807, 2.05) is 30.6 Å². The Hall–Kier alpha value is -3.42. The molecule has 3 aromatic heterocycles. The first-order valence-electron chi connectivity index (χ1n) is 14.0. The number of halogens is 1. The third-order valence-electron chi connectivity index (χ3n) is 8.21. The Morgan fingerprint density at radius 2 is 1.75 bits per heavy atom. The Morgan fingerprint density at radius 3 is 2.42 bits per heavy atom. The third kappa shape index (κ3) is 4.86. The summed E-state index contributed by atoms with van der Waals surface area (Å²) < 4.78 is 2.26. The highest BCUT2D eigenvalue weighted by Gasteiger charge is 2.42. The fourth-order valence-corrected chi connectivity index (χ4v) is 7.32. The SMILES string of the molecule is Cc1cc([C@@H]2[C@@H](c3ccccn3)NC(=S)N2c2ccc(N3C[C@H](C)C[C@H](C)C3)c(Cl)c2)c(C)n1-c1cccnc1. The third-order valence-corrected chi connectivity index (χ3v) is 8.83. The summed E-state index contributed by atoms with van der Waals surface area (Å²) in [5.74, 6) is 1.29. The molecule has 0 saturated carbocycles. The number of hydrogen-bond acceptors (Lipinski definition) is 4. The molecule has 1 N–H and O–H groups in total. The van der Waals surface area contributed by atoms with Gasteiger partial charge in [0.15, 0.2) is 5.11 Å². The average molecular weight is 571 g/mol. The van der Waals surface area contributed by atoms with E-state index in [0.717, 1.165) is 52.3 Å². The van der Waals surface area contributed by atoms with E-state index >= 15 is 0 Å². The zero-order chi connectivity index (χ0) is 28.0. The smallest absolute Gasteiger partial charge is 0.174 e. The second kappa shape index (κ2) is 10.9. The Bertz CT molecular complexity index is 1510. The van der Waals surface area contributed by atoms with Crippen LogP contribution in [0, 0.1) is 25.7 Å². The van der Waals surface area contributed by atoms with Crippen molar-refractivity contribution in [2.75, 3.05) is 22.9 Å². The molecule has 2 aliphatic heterocycles. The van der Waals surface area contributed by atoms with Crippen molar-refractivity contribution < 1.29 is 0 Å². The average Bonchev–Trinajstić information content (AvgIpc) is 3.43. The van der Waals surface area contributed by atoms with Crippen LogP contribution in [0.5, 0.6) is 0 Å². The Balaban J connectivity index is 1.44. The molecule has 8 heteroatoms. The monoisotopic (exact) mass is 570 g/mol. The van der Waals surface area contributed by atoms with Gasteiger partial charge in [0.05, 0.1) is 40.4 Å². The zero-order valence-corrected chi connectivity index (χ0v) is 25.0. The van der Waals surface area contributed by atoms with Crippen molar-refractivity contribution in [3.05, 3.63) is 101 Å². The van der Waals surface area contributed by atoms with Gasteiger partial charge in [0.2, 0.25) is 0 Å². The lowest BCUT2D eigenvalue weighted by Gasteiger charge is -2.37. The molecule has 4 atom stereocenters. The first-order chi connectivity index (χ1) is 19.3. The van der Waals surface area contributed by atoms with Crippen LogP contribution in [0.4, 0.5) is 11.4 Å². The summed E-state index contributed by atoms with van der Waals surface area (Å²) in [4.78, 5) is 13.7. The molecule has 2 fully saturated rings. The van der Waals surface area contributed by atoms with Gasteiger partial charge in [0.25, 0.3) is 0 Å². The van der Waals surface area contributed by atoms with E-state index in [1.54, 1.807) is 6.20 Å². The molecule has 0 radical (unpaired) electrons. The lowest BCUT2D eigenvalue weighted by atomic mass is 9.91. The number of nitrogens with one attached hydrogen (secondary N) is 1. The number of aryl methyl sites for hydroxylation is 1. The number of thiocarbonyl (C=S) groups is 1. The second-order valence-electron chi connectivity index (χ2n) is 11.4. The molecule has 0 bridgehead atoms. The number of pyridine rings is 2. The van der Waals surface area contributed by atoms with Crippen molar-refractivity contribution in [3.8, 4) is 5.69 Å². The number of piperidine rings is 1. The van der Waals surface area contributed by atoms with Gasteiger partial charge in [0.1, 0.15) is 0 Å². The predicted molar refractivity (Wildman–Crippen MR) is 168 cm³/mol. The van der Waals surface area contributed by atoms with E-state index in [-0.39, 0.29) is 12.1 Å². The summed E-state index contributed by atoms with van der Waals surface area (Å²) in [5.41, 5.74) is 7.52. The highest BCUT2D eigenvalue weighted by molar-refractivity contribution is 7.80. The van der Waals surface area contributed by atoms with Gasteiger partial charge in [-0.2, -0.15) is 0 Å². The van der Waals surface area contributed by atoms with Gasteiger partial charge in [-0.25, -0.2) is 0 Å². The zero-order valence-electron chi connectivity index (χ0n) is 23.4. The molecule has 0 aliphatic carbocycles. The van der Waals surface area contributed by atoms with Crippen LogP contribution in [0.2, 0.25) is 5.02 Å². The maximum atomic E-state index is 7.02. The molecular formula is C32H35ClN6S. The summed E-state index contributed by atoms with van der Waals surface area (Å²) in [6.45, 7) is 11.0. The van der Waals surface area contributed by atoms with Crippen molar-refractivity contribution in [1.29, 1.82) is 0 Å². The van der Waals surface area contributed by atoms with Crippen LogP contribution in [-0.4, -0.2) is 32.7 Å². The van der Waals surface area contributed by atoms with Gasteiger partial charge >= 0.3 is 0 Å². The number of anilines is 2. The molecule has 5 heterocycles. The van der Waals surface area contributed by atoms with Gasteiger partial charge in [-0.05, 0) is 98.4 Å². The van der Waals surface area contributed by atoms with E-state index in [2.05, 4.69) is 88.8 Å². The van der Waals surface area contributed by atoms with E-state index in [4.69, 9.17) is 28.8 Å². The lowest BCUT2D eigenvalue weighted by Crippen LogP contribution is -2.38. The number of benzene rings is 1. The predicted octanol–water partition coefficient (Wildman–Crippen LogP) is 7.20. The van der Waals surface area contributed by atoms with E-state index in [1.165, 1.54) is 12.0 Å². The summed E-state index contributed by atoms with van der Waals surface area (Å²) in [7, 11) is 0. The second-order valence-corrected chi connectivity index (χ2v) is 12.2. The fourth-order valence-electron chi connectivity index (χ4n) is 6.68. The first kappa shape index (κ1) is 26.8. The molecule has 6 rings (SSSR count). The molecule has 40 heavy (non-hydrogen) atoms. The molecule has 0 unspecified atom stereocenters. The maximum Gasteiger partial charge on any atom is 0.174 e.